The summed E-state index contributed by atoms with van der Waals surface area (Å²) in [4.78, 5) is 30.2. The van der Waals surface area contributed by atoms with Gasteiger partial charge in [0.2, 0.25) is 11.8 Å². The molecule has 0 spiro atoms. The molecule has 1 N–H and O–H groups in total. The summed E-state index contributed by atoms with van der Waals surface area (Å²) >= 11 is 0. The highest BCUT2D eigenvalue weighted by Crippen LogP contribution is 2.37. The first-order valence-corrected chi connectivity index (χ1v) is 13.7. The van der Waals surface area contributed by atoms with Gasteiger partial charge in [0, 0.05) is 17.3 Å². The van der Waals surface area contributed by atoms with Gasteiger partial charge < -0.3 is 14.8 Å². The maximum atomic E-state index is 14.4. The molecule has 0 unspecified atom stereocenters. The molecule has 9 nitrogen and oxygen atoms in total. The summed E-state index contributed by atoms with van der Waals surface area (Å²) in [6, 6.07) is 19.4. The number of anilines is 1. The lowest BCUT2D eigenvalue weighted by molar-refractivity contribution is -0.127. The quantitative estimate of drug-likeness (QED) is 0.321. The zero-order valence-corrected chi connectivity index (χ0v) is 23.2. The van der Waals surface area contributed by atoms with E-state index in [1.165, 1.54) is 6.42 Å². The number of hydrogen-bond acceptors (Lipinski definition) is 6. The van der Waals surface area contributed by atoms with Crippen LogP contribution in [0.15, 0.2) is 66.7 Å². The molecule has 0 aliphatic heterocycles. The fourth-order valence-corrected chi connectivity index (χ4v) is 5.47. The topological polar surface area (TPSA) is 98.6 Å². The number of amides is 2. The molecule has 1 fully saturated rings. The Morgan fingerprint density at radius 2 is 1.75 bits per heavy atom. The molecule has 1 saturated carbocycles. The average Bonchev–Trinajstić information content (AvgIpc) is 3.39. The Hall–Kier alpha value is -4.40. The van der Waals surface area contributed by atoms with Gasteiger partial charge in [-0.3, -0.25) is 14.5 Å². The molecular weight excluding hydrogens is 506 g/mol. The van der Waals surface area contributed by atoms with E-state index in [1.807, 2.05) is 55.5 Å². The van der Waals surface area contributed by atoms with Crippen LogP contribution in [0.3, 0.4) is 0 Å². The van der Waals surface area contributed by atoms with E-state index in [0.717, 1.165) is 36.8 Å². The SMILES string of the molecule is COc1ccc(OC)c([C@@H](C(=O)NC2CCCCC2)N(C(=O)Cn2nnc3ccccc32)c2ccccc2C)c1. The second kappa shape index (κ2) is 12.2. The Bertz CT molecular complexity index is 1490. The predicted octanol–water partition coefficient (Wildman–Crippen LogP) is 4.98. The van der Waals surface area contributed by atoms with Gasteiger partial charge in [0.1, 0.15) is 29.6 Å². The molecule has 3 aromatic carbocycles. The number of aryl methyl sites for hydroxylation is 1. The van der Waals surface area contributed by atoms with Crippen LogP contribution in [0.2, 0.25) is 0 Å². The van der Waals surface area contributed by atoms with Gasteiger partial charge in [-0.25, -0.2) is 4.68 Å². The molecule has 208 valence electrons. The van der Waals surface area contributed by atoms with E-state index in [2.05, 4.69) is 15.6 Å². The monoisotopic (exact) mass is 541 g/mol. The Labute approximate surface area is 234 Å². The lowest BCUT2D eigenvalue weighted by atomic mass is 9.94. The van der Waals surface area contributed by atoms with E-state index >= 15 is 0 Å². The molecule has 5 rings (SSSR count). The lowest BCUT2D eigenvalue weighted by Gasteiger charge is -2.35. The molecule has 4 aromatic rings. The van der Waals surface area contributed by atoms with Crippen molar-refractivity contribution in [3.05, 3.63) is 77.9 Å². The van der Waals surface area contributed by atoms with Gasteiger partial charge in [-0.2, -0.15) is 0 Å². The molecule has 40 heavy (non-hydrogen) atoms. The largest absolute Gasteiger partial charge is 0.497 e. The molecule has 1 heterocycles. The van der Waals surface area contributed by atoms with Crippen LogP contribution in [0.5, 0.6) is 11.5 Å². The number of nitrogens with one attached hydrogen (secondary N) is 1. The molecule has 0 bridgehead atoms. The third-order valence-corrected chi connectivity index (χ3v) is 7.54. The molecule has 9 heteroatoms. The minimum absolute atomic E-state index is 0.0495. The minimum Gasteiger partial charge on any atom is -0.497 e. The van der Waals surface area contributed by atoms with Crippen molar-refractivity contribution in [3.63, 3.8) is 0 Å². The van der Waals surface area contributed by atoms with Gasteiger partial charge in [0.05, 0.1) is 19.7 Å². The highest BCUT2D eigenvalue weighted by atomic mass is 16.5. The van der Waals surface area contributed by atoms with Gasteiger partial charge in [-0.05, 0) is 61.7 Å². The lowest BCUT2D eigenvalue weighted by Crippen LogP contribution is -2.48. The van der Waals surface area contributed by atoms with Gasteiger partial charge >= 0.3 is 0 Å². The number of rotatable bonds is 9. The minimum atomic E-state index is -1.02. The number of carbonyl (C=O) groups is 2. The highest BCUT2D eigenvalue weighted by Gasteiger charge is 2.37. The maximum absolute atomic E-state index is 14.4. The predicted molar refractivity (Wildman–Crippen MR) is 153 cm³/mol. The van der Waals surface area contributed by atoms with Crippen molar-refractivity contribution in [2.45, 2.75) is 57.7 Å². The van der Waals surface area contributed by atoms with Gasteiger partial charge in [0.25, 0.3) is 0 Å². The first-order valence-electron chi connectivity index (χ1n) is 13.7. The Morgan fingerprint density at radius 3 is 2.50 bits per heavy atom. The fourth-order valence-electron chi connectivity index (χ4n) is 5.47. The number of para-hydroxylation sites is 2. The fraction of sp³-hybridized carbons (Fsp3) is 0.355. The van der Waals surface area contributed by atoms with E-state index in [0.29, 0.717) is 28.3 Å². The number of hydrogen-bond donors (Lipinski definition) is 1. The number of nitrogens with zero attached hydrogens (tertiary/aromatic N) is 4. The third kappa shape index (κ3) is 5.64. The van der Waals surface area contributed by atoms with E-state index in [1.54, 1.807) is 42.0 Å². The first kappa shape index (κ1) is 27.2. The van der Waals surface area contributed by atoms with Gasteiger partial charge in [-0.1, -0.05) is 54.8 Å². The Kier molecular flexibility index (Phi) is 8.28. The standard InChI is InChI=1S/C31H35N5O4/c1-21-11-7-9-15-26(21)36(29(37)20-35-27-16-10-8-14-25(27)33-34-35)30(31(38)32-22-12-5-4-6-13-22)24-19-23(39-2)17-18-28(24)40-3/h7-11,14-19,22,30H,4-6,12-13,20H2,1-3H3,(H,32,38)/t30-/m0/s1. The van der Waals surface area contributed by atoms with E-state index in [-0.39, 0.29) is 24.4 Å². The molecule has 0 saturated heterocycles. The Balaban J connectivity index is 1.64. The number of benzene rings is 3. The normalized spacial score (nSPS) is 14.5. The first-order chi connectivity index (χ1) is 19.5. The second-order valence-corrected chi connectivity index (χ2v) is 10.1. The Morgan fingerprint density at radius 1 is 1.00 bits per heavy atom. The van der Waals surface area contributed by atoms with Crippen LogP contribution < -0.4 is 19.7 Å². The van der Waals surface area contributed by atoms with E-state index in [9.17, 15) is 9.59 Å². The molecular formula is C31H35N5O4. The van der Waals surface area contributed by atoms with Crippen LogP contribution in [0, 0.1) is 6.92 Å². The van der Waals surface area contributed by atoms with Crippen LogP contribution >= 0.6 is 0 Å². The van der Waals surface area contributed by atoms with Crippen LogP contribution in [0.4, 0.5) is 5.69 Å². The van der Waals surface area contributed by atoms with Crippen molar-refractivity contribution in [2.24, 2.45) is 0 Å². The van der Waals surface area contributed by atoms with Crippen LogP contribution in [0.25, 0.3) is 11.0 Å². The summed E-state index contributed by atoms with van der Waals surface area (Å²) in [5.41, 5.74) is 3.46. The average molecular weight is 542 g/mol. The highest BCUT2D eigenvalue weighted by molar-refractivity contribution is 6.02. The summed E-state index contributed by atoms with van der Waals surface area (Å²) in [5.74, 6) is 0.477. The van der Waals surface area contributed by atoms with Gasteiger partial charge in [0.15, 0.2) is 0 Å². The summed E-state index contributed by atoms with van der Waals surface area (Å²) in [6.07, 6.45) is 5.13. The van der Waals surface area contributed by atoms with Crippen molar-refractivity contribution < 1.29 is 19.1 Å². The molecule has 1 aliphatic carbocycles. The zero-order chi connectivity index (χ0) is 28.1. The second-order valence-electron chi connectivity index (χ2n) is 10.1. The molecule has 2 amide bonds. The summed E-state index contributed by atoms with van der Waals surface area (Å²) in [7, 11) is 3.13. The van der Waals surface area contributed by atoms with Crippen molar-refractivity contribution in [2.75, 3.05) is 19.1 Å². The van der Waals surface area contributed by atoms with Crippen molar-refractivity contribution in [3.8, 4) is 11.5 Å². The zero-order valence-electron chi connectivity index (χ0n) is 23.2. The summed E-state index contributed by atoms with van der Waals surface area (Å²) in [6.45, 7) is 1.83. The molecule has 1 aliphatic rings. The summed E-state index contributed by atoms with van der Waals surface area (Å²) in [5, 5.41) is 11.7. The third-order valence-electron chi connectivity index (χ3n) is 7.54. The molecule has 1 aromatic heterocycles. The number of fused-ring (bicyclic) bond motifs is 1. The van der Waals surface area contributed by atoms with E-state index < -0.39 is 6.04 Å². The van der Waals surface area contributed by atoms with Gasteiger partial charge in [-0.15, -0.1) is 5.10 Å². The van der Waals surface area contributed by atoms with Crippen molar-refractivity contribution in [1.29, 1.82) is 0 Å². The van der Waals surface area contributed by atoms with Crippen molar-refractivity contribution in [1.82, 2.24) is 20.3 Å². The number of ether oxygens (including phenoxy) is 2. The smallest absolute Gasteiger partial charge is 0.249 e. The van der Waals surface area contributed by atoms with Crippen LogP contribution in [-0.2, 0) is 16.1 Å². The van der Waals surface area contributed by atoms with Crippen LogP contribution in [0.1, 0.15) is 49.3 Å². The van der Waals surface area contributed by atoms with Crippen LogP contribution in [-0.4, -0.2) is 47.1 Å². The molecule has 0 radical (unpaired) electrons. The number of carbonyl (C=O) groups excluding carboxylic acids is 2. The van der Waals surface area contributed by atoms with Crippen molar-refractivity contribution >= 4 is 28.5 Å². The summed E-state index contributed by atoms with van der Waals surface area (Å²) < 4.78 is 12.8. The molecule has 1 atom stereocenters. The number of aromatic nitrogens is 3. The van der Waals surface area contributed by atoms with E-state index in [4.69, 9.17) is 9.47 Å². The maximum Gasteiger partial charge on any atom is 0.249 e. The number of methoxy groups -OCH3 is 2.